The molecular weight excluding hydrogens is 321 g/mol. The van der Waals surface area contributed by atoms with Gasteiger partial charge in [0.15, 0.2) is 0 Å². The molecule has 0 bridgehead atoms. The van der Waals surface area contributed by atoms with Crippen molar-refractivity contribution < 1.29 is 18.7 Å². The minimum atomic E-state index is -0.451. The van der Waals surface area contributed by atoms with E-state index in [1.165, 1.54) is 12.1 Å². The fourth-order valence-electron chi connectivity index (χ4n) is 3.48. The lowest BCUT2D eigenvalue weighted by atomic mass is 10.0. The Labute approximate surface area is 144 Å². The van der Waals surface area contributed by atoms with Gasteiger partial charge in [-0.2, -0.15) is 0 Å². The maximum atomic E-state index is 14.2. The van der Waals surface area contributed by atoms with Crippen LogP contribution >= 0.6 is 0 Å². The summed E-state index contributed by atoms with van der Waals surface area (Å²) in [7, 11) is 0. The van der Waals surface area contributed by atoms with Crippen LogP contribution < -0.4 is 0 Å². The number of halogens is 1. The summed E-state index contributed by atoms with van der Waals surface area (Å²) in [4.78, 5) is 14.4. The SMILES string of the molecule is O=C(c1cc(F)cc(-c2ccc3occc3c2)c1)N1CCCC1CO. The Balaban J connectivity index is 1.72. The first-order chi connectivity index (χ1) is 12.2. The normalized spacial score (nSPS) is 17.4. The number of carbonyl (C=O) groups is 1. The van der Waals surface area contributed by atoms with E-state index < -0.39 is 5.82 Å². The van der Waals surface area contributed by atoms with Crippen molar-refractivity contribution in [2.75, 3.05) is 13.2 Å². The Morgan fingerprint density at radius 1 is 1.20 bits per heavy atom. The summed E-state index contributed by atoms with van der Waals surface area (Å²) in [5.41, 5.74) is 2.54. The van der Waals surface area contributed by atoms with E-state index in [0.717, 1.165) is 29.4 Å². The van der Waals surface area contributed by atoms with Crippen LogP contribution in [0.2, 0.25) is 0 Å². The molecule has 0 radical (unpaired) electrons. The van der Waals surface area contributed by atoms with Crippen molar-refractivity contribution in [3.8, 4) is 11.1 Å². The number of hydrogen-bond donors (Lipinski definition) is 1. The molecule has 1 saturated heterocycles. The van der Waals surface area contributed by atoms with E-state index in [-0.39, 0.29) is 18.6 Å². The molecule has 1 aliphatic rings. The van der Waals surface area contributed by atoms with Crippen molar-refractivity contribution in [3.63, 3.8) is 0 Å². The van der Waals surface area contributed by atoms with E-state index in [1.54, 1.807) is 17.2 Å². The third kappa shape index (κ3) is 2.91. The third-order valence-electron chi connectivity index (χ3n) is 4.78. The topological polar surface area (TPSA) is 53.7 Å². The number of rotatable bonds is 3. The summed E-state index contributed by atoms with van der Waals surface area (Å²) < 4.78 is 19.5. The third-order valence-corrected chi connectivity index (χ3v) is 4.78. The number of aliphatic hydroxyl groups is 1. The second-order valence-corrected chi connectivity index (χ2v) is 6.38. The molecule has 1 amide bonds. The maximum absolute atomic E-state index is 14.2. The van der Waals surface area contributed by atoms with E-state index in [4.69, 9.17) is 4.42 Å². The van der Waals surface area contributed by atoms with Gasteiger partial charge in [0.25, 0.3) is 5.91 Å². The fourth-order valence-corrected chi connectivity index (χ4v) is 3.48. The van der Waals surface area contributed by atoms with Gasteiger partial charge in [0.1, 0.15) is 11.4 Å². The van der Waals surface area contributed by atoms with E-state index >= 15 is 0 Å². The van der Waals surface area contributed by atoms with Gasteiger partial charge in [0, 0.05) is 17.5 Å². The molecule has 5 heteroatoms. The maximum Gasteiger partial charge on any atom is 0.254 e. The standard InChI is InChI=1S/C20H18FNO3/c21-17-10-15(13-3-4-19-14(8-13)5-7-25-19)9-16(11-17)20(24)22-6-1-2-18(22)12-23/h3-5,7-11,18,23H,1-2,6,12H2. The Kier molecular flexibility index (Phi) is 4.01. The molecule has 25 heavy (non-hydrogen) atoms. The van der Waals surface area contributed by atoms with Crippen molar-refractivity contribution in [1.82, 2.24) is 4.90 Å². The number of nitrogens with zero attached hydrogens (tertiary/aromatic N) is 1. The molecule has 1 unspecified atom stereocenters. The first kappa shape index (κ1) is 15.8. The van der Waals surface area contributed by atoms with Crippen LogP contribution in [0.25, 0.3) is 22.1 Å². The minimum Gasteiger partial charge on any atom is -0.464 e. The molecule has 128 valence electrons. The molecule has 0 spiro atoms. The largest absolute Gasteiger partial charge is 0.464 e. The average Bonchev–Trinajstić information content (AvgIpc) is 3.28. The van der Waals surface area contributed by atoms with Gasteiger partial charge in [-0.15, -0.1) is 0 Å². The molecule has 1 aromatic heterocycles. The predicted molar refractivity (Wildman–Crippen MR) is 92.8 cm³/mol. The van der Waals surface area contributed by atoms with Crippen LogP contribution in [-0.4, -0.2) is 35.1 Å². The van der Waals surface area contributed by atoms with E-state index in [1.807, 2.05) is 24.3 Å². The predicted octanol–water partition coefficient (Wildman–Crippen LogP) is 3.84. The molecule has 1 fully saturated rings. The van der Waals surface area contributed by atoms with Crippen molar-refractivity contribution in [2.45, 2.75) is 18.9 Å². The molecule has 1 N–H and O–H groups in total. The lowest BCUT2D eigenvalue weighted by Gasteiger charge is -2.23. The second kappa shape index (κ2) is 6.33. The number of likely N-dealkylation sites (tertiary alicyclic amines) is 1. The number of fused-ring (bicyclic) bond motifs is 1. The van der Waals surface area contributed by atoms with Crippen molar-refractivity contribution in [3.05, 3.63) is 60.1 Å². The van der Waals surface area contributed by atoms with Crippen LogP contribution in [0.1, 0.15) is 23.2 Å². The Bertz CT molecular complexity index is 934. The van der Waals surface area contributed by atoms with Crippen LogP contribution in [0.5, 0.6) is 0 Å². The zero-order valence-electron chi connectivity index (χ0n) is 13.6. The van der Waals surface area contributed by atoms with Crippen LogP contribution in [0.4, 0.5) is 4.39 Å². The lowest BCUT2D eigenvalue weighted by Crippen LogP contribution is -2.37. The highest BCUT2D eigenvalue weighted by molar-refractivity contribution is 5.96. The quantitative estimate of drug-likeness (QED) is 0.789. The number of furan rings is 1. The van der Waals surface area contributed by atoms with Gasteiger partial charge >= 0.3 is 0 Å². The average molecular weight is 339 g/mol. The molecule has 4 nitrogen and oxygen atoms in total. The van der Waals surface area contributed by atoms with Crippen LogP contribution in [0.3, 0.4) is 0 Å². The second-order valence-electron chi connectivity index (χ2n) is 6.38. The molecule has 0 aliphatic carbocycles. The Morgan fingerprint density at radius 2 is 2.08 bits per heavy atom. The molecule has 1 aliphatic heterocycles. The highest BCUT2D eigenvalue weighted by atomic mass is 19.1. The minimum absolute atomic E-state index is 0.0644. The summed E-state index contributed by atoms with van der Waals surface area (Å²) in [6.45, 7) is 0.530. The molecular formula is C20H18FNO3. The Morgan fingerprint density at radius 3 is 2.92 bits per heavy atom. The fraction of sp³-hybridized carbons (Fsp3) is 0.250. The molecule has 2 aromatic carbocycles. The van der Waals surface area contributed by atoms with Crippen molar-refractivity contribution in [1.29, 1.82) is 0 Å². The van der Waals surface area contributed by atoms with Crippen LogP contribution in [-0.2, 0) is 0 Å². The van der Waals surface area contributed by atoms with Gasteiger partial charge in [0.05, 0.1) is 18.9 Å². The zero-order valence-corrected chi connectivity index (χ0v) is 13.6. The van der Waals surface area contributed by atoms with E-state index in [0.29, 0.717) is 17.7 Å². The monoisotopic (exact) mass is 339 g/mol. The highest BCUT2D eigenvalue weighted by Crippen LogP contribution is 2.28. The molecule has 1 atom stereocenters. The number of benzene rings is 2. The summed E-state index contributed by atoms with van der Waals surface area (Å²) >= 11 is 0. The van der Waals surface area contributed by atoms with Gasteiger partial charge in [-0.25, -0.2) is 4.39 Å². The first-order valence-electron chi connectivity index (χ1n) is 8.36. The van der Waals surface area contributed by atoms with Gasteiger partial charge in [0.2, 0.25) is 0 Å². The lowest BCUT2D eigenvalue weighted by molar-refractivity contribution is 0.0677. The van der Waals surface area contributed by atoms with Crippen molar-refractivity contribution in [2.24, 2.45) is 0 Å². The first-order valence-corrected chi connectivity index (χ1v) is 8.36. The van der Waals surface area contributed by atoms with Gasteiger partial charge in [-0.05, 0) is 60.4 Å². The van der Waals surface area contributed by atoms with Gasteiger partial charge < -0.3 is 14.4 Å². The number of carbonyl (C=O) groups excluding carboxylic acids is 1. The molecule has 3 aromatic rings. The van der Waals surface area contributed by atoms with Gasteiger partial charge in [-0.1, -0.05) is 6.07 Å². The summed E-state index contributed by atoms with van der Waals surface area (Å²) in [6, 6.07) is 11.6. The molecule has 0 saturated carbocycles. The summed E-state index contributed by atoms with van der Waals surface area (Å²) in [6.07, 6.45) is 3.25. The van der Waals surface area contributed by atoms with Crippen molar-refractivity contribution >= 4 is 16.9 Å². The summed E-state index contributed by atoms with van der Waals surface area (Å²) in [5, 5.41) is 10.3. The Hall–Kier alpha value is -2.66. The van der Waals surface area contributed by atoms with Gasteiger partial charge in [-0.3, -0.25) is 4.79 Å². The van der Waals surface area contributed by atoms with Crippen LogP contribution in [0.15, 0.2) is 53.1 Å². The molecule has 2 heterocycles. The smallest absolute Gasteiger partial charge is 0.254 e. The number of hydrogen-bond acceptors (Lipinski definition) is 3. The molecule has 4 rings (SSSR count). The number of amides is 1. The summed E-state index contributed by atoms with van der Waals surface area (Å²) in [5.74, 6) is -0.686. The highest BCUT2D eigenvalue weighted by Gasteiger charge is 2.29. The number of aliphatic hydroxyl groups excluding tert-OH is 1. The van der Waals surface area contributed by atoms with E-state index in [2.05, 4.69) is 0 Å². The zero-order chi connectivity index (χ0) is 17.4. The van der Waals surface area contributed by atoms with Crippen LogP contribution in [0, 0.1) is 5.82 Å². The van der Waals surface area contributed by atoms with E-state index in [9.17, 15) is 14.3 Å².